The summed E-state index contributed by atoms with van der Waals surface area (Å²) in [6.45, 7) is 3.71. The quantitative estimate of drug-likeness (QED) is 0.909. The zero-order valence-electron chi connectivity index (χ0n) is 11.5. The van der Waals surface area contributed by atoms with Crippen LogP contribution in [0.15, 0.2) is 39.4 Å². The summed E-state index contributed by atoms with van der Waals surface area (Å²) in [6.07, 6.45) is 1.74. The molecule has 0 aliphatic carbocycles. The first-order valence-corrected chi connectivity index (χ1v) is 7.08. The molecular weight excluding hydrogens is 304 g/mol. The minimum Gasteiger partial charge on any atom is -0.469 e. The fourth-order valence-electron chi connectivity index (χ4n) is 2.09. The van der Waals surface area contributed by atoms with Crippen LogP contribution in [0, 0.1) is 6.92 Å². The molecule has 0 fully saturated rings. The van der Waals surface area contributed by atoms with E-state index in [1.165, 1.54) is 16.8 Å². The Morgan fingerprint density at radius 1 is 1.32 bits per heavy atom. The molecule has 2 rings (SSSR count). The van der Waals surface area contributed by atoms with Crippen molar-refractivity contribution in [3.05, 3.63) is 51.9 Å². The van der Waals surface area contributed by atoms with Crippen molar-refractivity contribution >= 4 is 21.6 Å². The maximum absolute atomic E-state index is 5.34. The third-order valence-electron chi connectivity index (χ3n) is 3.18. The van der Waals surface area contributed by atoms with Gasteiger partial charge < -0.3 is 14.6 Å². The number of benzene rings is 1. The summed E-state index contributed by atoms with van der Waals surface area (Å²) in [5, 5.41) is 3.16. The van der Waals surface area contributed by atoms with Gasteiger partial charge in [0, 0.05) is 30.2 Å². The van der Waals surface area contributed by atoms with Crippen molar-refractivity contribution in [2.75, 3.05) is 19.0 Å². The Morgan fingerprint density at radius 3 is 2.68 bits per heavy atom. The molecule has 2 aromatic rings. The van der Waals surface area contributed by atoms with Crippen LogP contribution in [0.4, 0.5) is 5.69 Å². The van der Waals surface area contributed by atoms with Crippen molar-refractivity contribution in [2.24, 2.45) is 0 Å². The van der Waals surface area contributed by atoms with E-state index >= 15 is 0 Å². The Labute approximate surface area is 122 Å². The number of rotatable bonds is 5. The van der Waals surface area contributed by atoms with E-state index in [1.807, 2.05) is 20.0 Å². The predicted octanol–water partition coefficient (Wildman–Crippen LogP) is 3.71. The second-order valence-electron chi connectivity index (χ2n) is 4.67. The van der Waals surface area contributed by atoms with Crippen molar-refractivity contribution in [3.8, 4) is 0 Å². The normalized spacial score (nSPS) is 10.7. The first-order valence-electron chi connectivity index (χ1n) is 6.29. The zero-order chi connectivity index (χ0) is 13.8. The highest BCUT2D eigenvalue weighted by Gasteiger charge is 2.09. The summed E-state index contributed by atoms with van der Waals surface area (Å²) < 4.78 is 6.45. The van der Waals surface area contributed by atoms with Crippen LogP contribution in [0.2, 0.25) is 0 Å². The number of furan rings is 1. The Balaban J connectivity index is 2.15. The molecule has 4 heteroatoms. The lowest BCUT2D eigenvalue weighted by atomic mass is 10.2. The zero-order valence-corrected chi connectivity index (χ0v) is 13.1. The lowest BCUT2D eigenvalue weighted by Crippen LogP contribution is -2.17. The van der Waals surface area contributed by atoms with Gasteiger partial charge in [-0.1, -0.05) is 6.07 Å². The second kappa shape index (κ2) is 6.26. The molecule has 3 nitrogen and oxygen atoms in total. The molecule has 1 heterocycles. The summed E-state index contributed by atoms with van der Waals surface area (Å²) in [6, 6.07) is 8.47. The monoisotopic (exact) mass is 322 g/mol. The van der Waals surface area contributed by atoms with Crippen LogP contribution in [-0.4, -0.2) is 14.1 Å². The minimum absolute atomic E-state index is 0.840. The van der Waals surface area contributed by atoms with E-state index in [9.17, 15) is 0 Å². The number of anilines is 1. The molecule has 0 aliphatic rings. The van der Waals surface area contributed by atoms with E-state index in [2.05, 4.69) is 51.4 Å². The maximum Gasteiger partial charge on any atom is 0.105 e. The van der Waals surface area contributed by atoms with Gasteiger partial charge in [-0.05, 0) is 53.7 Å². The Bertz CT molecular complexity index is 551. The van der Waals surface area contributed by atoms with E-state index in [-0.39, 0.29) is 0 Å². The number of halogens is 1. The average Bonchev–Trinajstić information content (AvgIpc) is 2.75. The number of nitrogens with one attached hydrogen (secondary N) is 1. The fraction of sp³-hybridized carbons (Fsp3) is 0.333. The highest BCUT2D eigenvalue weighted by molar-refractivity contribution is 9.10. The molecule has 1 aromatic carbocycles. The van der Waals surface area contributed by atoms with E-state index in [1.54, 1.807) is 6.26 Å². The average molecular weight is 323 g/mol. The van der Waals surface area contributed by atoms with Crippen molar-refractivity contribution in [1.29, 1.82) is 0 Å². The molecule has 0 spiro atoms. The van der Waals surface area contributed by atoms with E-state index in [0.717, 1.165) is 23.3 Å². The molecule has 0 amide bonds. The van der Waals surface area contributed by atoms with Crippen LogP contribution in [-0.2, 0) is 13.1 Å². The summed E-state index contributed by atoms with van der Waals surface area (Å²) in [7, 11) is 4.04. The Hall–Kier alpha value is -1.26. The van der Waals surface area contributed by atoms with Crippen molar-refractivity contribution < 1.29 is 4.42 Å². The van der Waals surface area contributed by atoms with E-state index < -0.39 is 0 Å². The van der Waals surface area contributed by atoms with Gasteiger partial charge in [0.25, 0.3) is 0 Å². The van der Waals surface area contributed by atoms with Gasteiger partial charge in [-0.2, -0.15) is 0 Å². The Morgan fingerprint density at radius 2 is 2.11 bits per heavy atom. The predicted molar refractivity (Wildman–Crippen MR) is 82.5 cm³/mol. The first kappa shape index (κ1) is 14.2. The van der Waals surface area contributed by atoms with Crippen molar-refractivity contribution in [3.63, 3.8) is 0 Å². The molecule has 102 valence electrons. The lowest BCUT2D eigenvalue weighted by Gasteiger charge is -2.21. The minimum atomic E-state index is 0.840. The van der Waals surface area contributed by atoms with Gasteiger partial charge in [-0.15, -0.1) is 0 Å². The number of nitrogens with zero attached hydrogens (tertiary/aromatic N) is 1. The molecule has 1 N–H and O–H groups in total. The summed E-state index contributed by atoms with van der Waals surface area (Å²) >= 11 is 3.65. The van der Waals surface area contributed by atoms with Gasteiger partial charge >= 0.3 is 0 Å². The van der Waals surface area contributed by atoms with E-state index in [4.69, 9.17) is 4.42 Å². The molecule has 1 aromatic heterocycles. The van der Waals surface area contributed by atoms with Gasteiger partial charge in [0.2, 0.25) is 0 Å². The molecule has 0 saturated carbocycles. The molecule has 0 saturated heterocycles. The molecule has 0 radical (unpaired) electrons. The third kappa shape index (κ3) is 3.39. The van der Waals surface area contributed by atoms with Crippen LogP contribution in [0.5, 0.6) is 0 Å². The lowest BCUT2D eigenvalue weighted by molar-refractivity contribution is 0.529. The van der Waals surface area contributed by atoms with Gasteiger partial charge in [-0.3, -0.25) is 0 Å². The SMILES string of the molecule is CNCc1ccc(N(C)Cc2ccoc2C)c(Br)c1. The highest BCUT2D eigenvalue weighted by Crippen LogP contribution is 2.28. The van der Waals surface area contributed by atoms with Gasteiger partial charge in [0.05, 0.1) is 12.0 Å². The molecule has 0 aliphatic heterocycles. The molecule has 0 bridgehead atoms. The van der Waals surface area contributed by atoms with Crippen LogP contribution >= 0.6 is 15.9 Å². The summed E-state index contributed by atoms with van der Waals surface area (Å²) in [4.78, 5) is 2.21. The third-order valence-corrected chi connectivity index (χ3v) is 3.81. The highest BCUT2D eigenvalue weighted by atomic mass is 79.9. The standard InChI is InChI=1S/C15H19BrN2O/c1-11-13(6-7-19-11)10-18(3)15-5-4-12(9-17-2)8-14(15)16/h4-8,17H,9-10H2,1-3H3. The number of aryl methyl sites for hydroxylation is 1. The molecule has 0 atom stereocenters. The van der Waals surface area contributed by atoms with Crippen molar-refractivity contribution in [1.82, 2.24) is 5.32 Å². The number of hydrogen-bond donors (Lipinski definition) is 1. The summed E-state index contributed by atoms with van der Waals surface area (Å²) in [5.41, 5.74) is 3.67. The van der Waals surface area contributed by atoms with Crippen LogP contribution < -0.4 is 10.2 Å². The fourth-order valence-corrected chi connectivity index (χ4v) is 2.82. The topological polar surface area (TPSA) is 28.4 Å². The molecule has 19 heavy (non-hydrogen) atoms. The maximum atomic E-state index is 5.34. The van der Waals surface area contributed by atoms with Crippen molar-refractivity contribution in [2.45, 2.75) is 20.0 Å². The largest absolute Gasteiger partial charge is 0.469 e. The van der Waals surface area contributed by atoms with Crippen LogP contribution in [0.3, 0.4) is 0 Å². The van der Waals surface area contributed by atoms with Crippen LogP contribution in [0.1, 0.15) is 16.9 Å². The molecule has 0 unspecified atom stereocenters. The first-order chi connectivity index (χ1) is 9.11. The van der Waals surface area contributed by atoms with E-state index in [0.29, 0.717) is 0 Å². The Kier molecular flexibility index (Phi) is 4.66. The smallest absolute Gasteiger partial charge is 0.105 e. The van der Waals surface area contributed by atoms with Gasteiger partial charge in [0.15, 0.2) is 0 Å². The second-order valence-corrected chi connectivity index (χ2v) is 5.53. The van der Waals surface area contributed by atoms with Crippen LogP contribution in [0.25, 0.3) is 0 Å². The van der Waals surface area contributed by atoms with Gasteiger partial charge in [0.1, 0.15) is 5.76 Å². The van der Waals surface area contributed by atoms with Gasteiger partial charge in [-0.25, -0.2) is 0 Å². The molecular formula is C15H19BrN2O. The number of hydrogen-bond acceptors (Lipinski definition) is 3. The summed E-state index contributed by atoms with van der Waals surface area (Å²) in [5.74, 6) is 0.981.